The molecule has 1 saturated heterocycles. The summed E-state index contributed by atoms with van der Waals surface area (Å²) in [5, 5.41) is 0. The molecule has 31 heavy (non-hydrogen) atoms. The topological polar surface area (TPSA) is 47.6 Å². The summed E-state index contributed by atoms with van der Waals surface area (Å²) in [6.45, 7) is 14.6. The van der Waals surface area contributed by atoms with Crippen LogP contribution >= 0.6 is 0 Å². The Kier molecular flexibility index (Phi) is 11.7. The zero-order valence-electron chi connectivity index (χ0n) is 20.0. The summed E-state index contributed by atoms with van der Waals surface area (Å²) < 4.78 is 25.3. The molecule has 1 aromatic carbocycles. The summed E-state index contributed by atoms with van der Waals surface area (Å²) >= 11 is 0. The Bertz CT molecular complexity index is 602. The quantitative estimate of drug-likeness (QED) is 0.377. The van der Waals surface area contributed by atoms with E-state index < -0.39 is 0 Å². The maximum atomic E-state index is 7.50. The molecule has 0 bridgehead atoms. The Labute approximate surface area is 189 Å². The molecule has 4 rings (SSSR count). The SMILES string of the molecule is CC.CC1CCC(C2CCC(Oc3ccc(C4OCC(C)CO4)cc3)CC2)CC1.[C-]#[O+]. The van der Waals surface area contributed by atoms with E-state index in [1.54, 1.807) is 0 Å². The van der Waals surface area contributed by atoms with Crippen molar-refractivity contribution >= 4 is 0 Å². The molecule has 1 aliphatic heterocycles. The van der Waals surface area contributed by atoms with Gasteiger partial charge in [0, 0.05) is 11.5 Å². The molecular weight excluding hydrogens is 388 g/mol. The Morgan fingerprint density at radius 1 is 0.742 bits per heavy atom. The molecule has 0 radical (unpaired) electrons. The van der Waals surface area contributed by atoms with Gasteiger partial charge in [-0.15, -0.1) is 0 Å². The van der Waals surface area contributed by atoms with E-state index in [0.717, 1.165) is 42.3 Å². The van der Waals surface area contributed by atoms with E-state index in [2.05, 4.69) is 44.8 Å². The normalized spacial score (nSPS) is 33.1. The first-order chi connectivity index (χ1) is 15.2. The van der Waals surface area contributed by atoms with Gasteiger partial charge in [-0.1, -0.05) is 52.7 Å². The first-order valence-corrected chi connectivity index (χ1v) is 12.4. The fraction of sp³-hybridized carbons (Fsp3) is 0.741. The summed E-state index contributed by atoms with van der Waals surface area (Å²) in [7, 11) is 0. The van der Waals surface area contributed by atoms with Crippen molar-refractivity contribution in [3.8, 4) is 5.75 Å². The van der Waals surface area contributed by atoms with Gasteiger partial charge in [0.05, 0.1) is 19.3 Å². The van der Waals surface area contributed by atoms with Crippen molar-refractivity contribution in [2.75, 3.05) is 13.2 Å². The molecule has 174 valence electrons. The predicted octanol–water partition coefficient (Wildman–Crippen LogP) is 7.12. The zero-order valence-corrected chi connectivity index (χ0v) is 20.0. The second-order valence-corrected chi connectivity index (χ2v) is 9.35. The van der Waals surface area contributed by atoms with Crippen molar-refractivity contribution in [2.45, 2.75) is 91.5 Å². The van der Waals surface area contributed by atoms with Crippen LogP contribution in [0.15, 0.2) is 24.3 Å². The van der Waals surface area contributed by atoms with E-state index in [4.69, 9.17) is 18.9 Å². The summed E-state index contributed by atoms with van der Waals surface area (Å²) in [5.41, 5.74) is 1.09. The van der Waals surface area contributed by atoms with Crippen molar-refractivity contribution < 1.29 is 18.9 Å². The third kappa shape index (κ3) is 7.95. The predicted molar refractivity (Wildman–Crippen MR) is 123 cm³/mol. The van der Waals surface area contributed by atoms with Gasteiger partial charge in [-0.3, -0.25) is 0 Å². The van der Waals surface area contributed by atoms with Crippen molar-refractivity contribution in [1.82, 2.24) is 0 Å². The van der Waals surface area contributed by atoms with Gasteiger partial charge in [0.2, 0.25) is 0 Å². The molecule has 2 saturated carbocycles. The van der Waals surface area contributed by atoms with Crippen LogP contribution in [-0.2, 0) is 14.1 Å². The number of hydrogen-bond acceptors (Lipinski definition) is 3. The van der Waals surface area contributed by atoms with E-state index >= 15 is 0 Å². The average molecular weight is 431 g/mol. The van der Waals surface area contributed by atoms with Crippen LogP contribution in [0.1, 0.15) is 90.9 Å². The maximum absolute atomic E-state index is 7.50. The van der Waals surface area contributed by atoms with Gasteiger partial charge in [0.25, 0.3) is 0 Å². The monoisotopic (exact) mass is 430 g/mol. The van der Waals surface area contributed by atoms with Crippen LogP contribution in [0.4, 0.5) is 0 Å². The molecule has 4 nitrogen and oxygen atoms in total. The molecule has 4 heteroatoms. The average Bonchev–Trinajstić information content (AvgIpc) is 2.84. The standard InChI is InChI=1S/C24H36O3.C2H6.CO/c1-17-3-5-19(6-4-17)20-7-11-22(12-8-20)27-23-13-9-21(10-14-23)24-25-15-18(2)16-26-24;2*1-2/h9-10,13-14,17-20,22,24H,3-8,11-12,15-16H2,1-2H3;1-2H3;. The van der Waals surface area contributed by atoms with Crippen molar-refractivity contribution in [3.05, 3.63) is 36.5 Å². The number of ether oxygens (including phenoxy) is 3. The van der Waals surface area contributed by atoms with Crippen LogP contribution in [0, 0.1) is 30.3 Å². The van der Waals surface area contributed by atoms with Crippen LogP contribution < -0.4 is 4.74 Å². The summed E-state index contributed by atoms with van der Waals surface area (Å²) in [4.78, 5) is 0. The Balaban J connectivity index is 0.000000807. The molecule has 2 aliphatic carbocycles. The van der Waals surface area contributed by atoms with Crippen LogP contribution in [0.3, 0.4) is 0 Å². The molecule has 3 aliphatic rings. The molecule has 3 fully saturated rings. The Hall–Kier alpha value is -1.32. The fourth-order valence-corrected chi connectivity index (χ4v) is 5.12. The van der Waals surface area contributed by atoms with Gasteiger partial charge in [0.15, 0.2) is 6.29 Å². The van der Waals surface area contributed by atoms with Crippen molar-refractivity contribution in [3.63, 3.8) is 0 Å². The molecule has 0 N–H and O–H groups in total. The second-order valence-electron chi connectivity index (χ2n) is 9.35. The molecular formula is C27H42O4. The van der Waals surface area contributed by atoms with Gasteiger partial charge < -0.3 is 14.2 Å². The van der Waals surface area contributed by atoms with E-state index in [-0.39, 0.29) is 6.29 Å². The summed E-state index contributed by atoms with van der Waals surface area (Å²) in [6.07, 6.45) is 11.1. The Morgan fingerprint density at radius 2 is 1.23 bits per heavy atom. The molecule has 0 amide bonds. The Morgan fingerprint density at radius 3 is 1.74 bits per heavy atom. The number of rotatable bonds is 4. The van der Waals surface area contributed by atoms with E-state index in [1.165, 1.54) is 51.4 Å². The fourth-order valence-electron chi connectivity index (χ4n) is 5.12. The van der Waals surface area contributed by atoms with Gasteiger partial charge in [-0.25, -0.2) is 0 Å². The second kappa shape index (κ2) is 14.0. The van der Waals surface area contributed by atoms with Crippen LogP contribution in [-0.4, -0.2) is 19.3 Å². The zero-order chi connectivity index (χ0) is 22.6. The molecule has 0 spiro atoms. The van der Waals surface area contributed by atoms with Crippen LogP contribution in [0.25, 0.3) is 0 Å². The number of benzene rings is 1. The molecule has 0 atom stereocenters. The summed E-state index contributed by atoms with van der Waals surface area (Å²) in [6, 6.07) is 8.33. The van der Waals surface area contributed by atoms with Gasteiger partial charge in [-0.05, 0) is 68.4 Å². The van der Waals surface area contributed by atoms with Gasteiger partial charge in [-0.2, -0.15) is 0 Å². The molecule has 1 aromatic rings. The molecule has 0 aromatic heterocycles. The van der Waals surface area contributed by atoms with Crippen molar-refractivity contribution in [2.24, 2.45) is 23.7 Å². The third-order valence-electron chi connectivity index (χ3n) is 6.97. The number of hydrogen-bond donors (Lipinski definition) is 0. The minimum absolute atomic E-state index is 0.219. The van der Waals surface area contributed by atoms with Crippen LogP contribution in [0.2, 0.25) is 0 Å². The van der Waals surface area contributed by atoms with E-state index in [9.17, 15) is 0 Å². The van der Waals surface area contributed by atoms with Crippen molar-refractivity contribution in [1.29, 1.82) is 0 Å². The molecule has 0 unspecified atom stereocenters. The first-order valence-electron chi connectivity index (χ1n) is 12.4. The summed E-state index contributed by atoms with van der Waals surface area (Å²) in [5.74, 6) is 4.35. The minimum atomic E-state index is -0.219. The third-order valence-corrected chi connectivity index (χ3v) is 6.97. The first kappa shape index (κ1) is 25.9. The van der Waals surface area contributed by atoms with E-state index in [1.807, 2.05) is 13.8 Å². The van der Waals surface area contributed by atoms with Gasteiger partial charge >= 0.3 is 11.3 Å². The van der Waals surface area contributed by atoms with Gasteiger partial charge in [0.1, 0.15) is 5.75 Å². The van der Waals surface area contributed by atoms with E-state index in [0.29, 0.717) is 12.0 Å². The molecule has 1 heterocycles. The van der Waals surface area contributed by atoms with Crippen LogP contribution in [0.5, 0.6) is 5.75 Å².